The molecule has 2 N–H and O–H groups in total. The van der Waals surface area contributed by atoms with E-state index >= 15 is 0 Å². The predicted octanol–water partition coefficient (Wildman–Crippen LogP) is 2.28. The van der Waals surface area contributed by atoms with Crippen LogP contribution >= 0.6 is 0 Å². The van der Waals surface area contributed by atoms with Gasteiger partial charge in [0.15, 0.2) is 5.96 Å². The molecule has 0 spiro atoms. The quantitative estimate of drug-likeness (QED) is 0.374. The fourth-order valence-corrected chi connectivity index (χ4v) is 3.44. The number of hydrogen-bond acceptors (Lipinski definition) is 5. The topological polar surface area (TPSA) is 75.2 Å². The van der Waals surface area contributed by atoms with E-state index in [1.54, 1.807) is 26.1 Å². The summed E-state index contributed by atoms with van der Waals surface area (Å²) in [5.41, 5.74) is 1.65. The van der Waals surface area contributed by atoms with Gasteiger partial charge in [-0.25, -0.2) is 4.79 Å². The first kappa shape index (κ1) is 23.2. The Morgan fingerprint density at radius 3 is 2.48 bits per heavy atom. The van der Waals surface area contributed by atoms with E-state index in [9.17, 15) is 4.79 Å². The maximum Gasteiger partial charge on any atom is 0.338 e. The van der Waals surface area contributed by atoms with Crippen molar-refractivity contribution in [1.82, 2.24) is 15.5 Å². The SMILES string of the molecule is CCOC(=O)c1ccc(CNC(=NC)NCC(CC(C)C)N2CCOCC2)cc1. The van der Waals surface area contributed by atoms with E-state index in [2.05, 4.69) is 34.4 Å². The van der Waals surface area contributed by atoms with Crippen LogP contribution in [0, 0.1) is 5.92 Å². The van der Waals surface area contributed by atoms with Gasteiger partial charge in [-0.2, -0.15) is 0 Å². The Hall–Kier alpha value is -2.12. The smallest absolute Gasteiger partial charge is 0.338 e. The van der Waals surface area contributed by atoms with E-state index in [0.29, 0.717) is 30.7 Å². The summed E-state index contributed by atoms with van der Waals surface area (Å²) >= 11 is 0. The largest absolute Gasteiger partial charge is 0.462 e. The van der Waals surface area contributed by atoms with Gasteiger partial charge in [0.2, 0.25) is 0 Å². The van der Waals surface area contributed by atoms with E-state index in [-0.39, 0.29) is 5.97 Å². The van der Waals surface area contributed by atoms with Gasteiger partial charge in [0.25, 0.3) is 0 Å². The number of ether oxygens (including phenoxy) is 2. The summed E-state index contributed by atoms with van der Waals surface area (Å²) in [5.74, 6) is 1.13. The Morgan fingerprint density at radius 2 is 1.90 bits per heavy atom. The zero-order valence-electron chi connectivity index (χ0n) is 18.2. The highest BCUT2D eigenvalue weighted by Crippen LogP contribution is 2.13. The summed E-state index contributed by atoms with van der Waals surface area (Å²) in [6.07, 6.45) is 1.14. The van der Waals surface area contributed by atoms with Crippen molar-refractivity contribution in [3.05, 3.63) is 35.4 Å². The Balaban J connectivity index is 1.84. The highest BCUT2D eigenvalue weighted by Gasteiger charge is 2.22. The second kappa shape index (κ2) is 12.4. The summed E-state index contributed by atoms with van der Waals surface area (Å²) in [4.78, 5) is 18.6. The van der Waals surface area contributed by atoms with Crippen molar-refractivity contribution in [3.63, 3.8) is 0 Å². The molecule has 29 heavy (non-hydrogen) atoms. The van der Waals surface area contributed by atoms with Crippen molar-refractivity contribution in [1.29, 1.82) is 0 Å². The number of benzene rings is 1. The molecule has 1 saturated heterocycles. The fourth-order valence-electron chi connectivity index (χ4n) is 3.44. The van der Waals surface area contributed by atoms with Gasteiger partial charge in [-0.15, -0.1) is 0 Å². The second-order valence-electron chi connectivity index (χ2n) is 7.66. The molecule has 7 nitrogen and oxygen atoms in total. The summed E-state index contributed by atoms with van der Waals surface area (Å²) < 4.78 is 10.5. The molecule has 0 bridgehead atoms. The van der Waals surface area contributed by atoms with E-state index in [1.807, 2.05) is 12.1 Å². The zero-order valence-corrected chi connectivity index (χ0v) is 18.2. The van der Waals surface area contributed by atoms with Crippen LogP contribution in [0.25, 0.3) is 0 Å². The fraction of sp³-hybridized carbons (Fsp3) is 0.636. The molecule has 0 aliphatic carbocycles. The van der Waals surface area contributed by atoms with Crippen molar-refractivity contribution in [3.8, 4) is 0 Å². The highest BCUT2D eigenvalue weighted by molar-refractivity contribution is 5.89. The number of carbonyl (C=O) groups is 1. The van der Waals surface area contributed by atoms with Crippen LogP contribution in [0.15, 0.2) is 29.3 Å². The molecule has 1 heterocycles. The number of carbonyl (C=O) groups excluding carboxylic acids is 1. The van der Waals surface area contributed by atoms with Crippen molar-refractivity contribution in [2.24, 2.45) is 10.9 Å². The maximum absolute atomic E-state index is 11.7. The number of rotatable bonds is 9. The molecule has 1 aliphatic rings. The lowest BCUT2D eigenvalue weighted by Crippen LogP contribution is -2.50. The summed E-state index contributed by atoms with van der Waals surface area (Å²) in [5, 5.41) is 6.82. The van der Waals surface area contributed by atoms with Crippen LogP contribution in [-0.2, 0) is 16.0 Å². The molecule has 1 atom stereocenters. The maximum atomic E-state index is 11.7. The molecule has 2 rings (SSSR count). The molecule has 0 saturated carbocycles. The summed E-state index contributed by atoms with van der Waals surface area (Å²) in [6, 6.07) is 7.91. The minimum absolute atomic E-state index is 0.288. The Morgan fingerprint density at radius 1 is 1.21 bits per heavy atom. The van der Waals surface area contributed by atoms with Crippen LogP contribution < -0.4 is 10.6 Å². The number of morpholine rings is 1. The molecule has 7 heteroatoms. The van der Waals surface area contributed by atoms with Gasteiger partial charge in [0.05, 0.1) is 25.4 Å². The molecule has 162 valence electrons. The van der Waals surface area contributed by atoms with Crippen molar-refractivity contribution >= 4 is 11.9 Å². The third-order valence-electron chi connectivity index (χ3n) is 4.96. The standard InChI is InChI=1S/C22H36N4O3/c1-5-29-21(27)19-8-6-18(7-9-19)15-24-22(23-4)25-16-20(14-17(2)3)26-10-12-28-13-11-26/h6-9,17,20H,5,10-16H2,1-4H3,(H2,23,24,25). The van der Waals surface area contributed by atoms with E-state index in [0.717, 1.165) is 50.8 Å². The van der Waals surface area contributed by atoms with Crippen LogP contribution in [0.2, 0.25) is 0 Å². The minimum Gasteiger partial charge on any atom is -0.462 e. The lowest BCUT2D eigenvalue weighted by atomic mass is 10.0. The monoisotopic (exact) mass is 404 g/mol. The third kappa shape index (κ3) is 8.03. The first-order valence-electron chi connectivity index (χ1n) is 10.6. The molecule has 1 aliphatic heterocycles. The van der Waals surface area contributed by atoms with E-state index < -0.39 is 0 Å². The number of nitrogens with zero attached hydrogens (tertiary/aromatic N) is 2. The Bertz CT molecular complexity index is 640. The molecule has 0 amide bonds. The molecule has 0 aromatic heterocycles. The van der Waals surface area contributed by atoms with Gasteiger partial charge in [0.1, 0.15) is 0 Å². The Labute approximate surface area is 174 Å². The third-order valence-corrected chi connectivity index (χ3v) is 4.96. The van der Waals surface area contributed by atoms with Crippen LogP contribution in [0.5, 0.6) is 0 Å². The minimum atomic E-state index is -0.288. The van der Waals surface area contributed by atoms with Gasteiger partial charge in [-0.1, -0.05) is 26.0 Å². The molecule has 1 fully saturated rings. The number of hydrogen-bond donors (Lipinski definition) is 2. The van der Waals surface area contributed by atoms with Gasteiger partial charge in [-0.05, 0) is 37.0 Å². The number of guanidine groups is 1. The molecule has 1 aromatic rings. The molecule has 1 aromatic carbocycles. The summed E-state index contributed by atoms with van der Waals surface area (Å²) in [6.45, 7) is 11.8. The van der Waals surface area contributed by atoms with Gasteiger partial charge in [-0.3, -0.25) is 9.89 Å². The van der Waals surface area contributed by atoms with Gasteiger partial charge in [0, 0.05) is 39.3 Å². The Kier molecular flexibility index (Phi) is 9.94. The first-order valence-corrected chi connectivity index (χ1v) is 10.6. The van der Waals surface area contributed by atoms with Gasteiger partial charge < -0.3 is 20.1 Å². The van der Waals surface area contributed by atoms with Crippen molar-refractivity contribution < 1.29 is 14.3 Å². The average Bonchev–Trinajstić information content (AvgIpc) is 2.74. The normalized spacial score (nSPS) is 16.5. The van der Waals surface area contributed by atoms with Crippen LogP contribution in [0.3, 0.4) is 0 Å². The highest BCUT2D eigenvalue weighted by atomic mass is 16.5. The summed E-state index contributed by atoms with van der Waals surface area (Å²) in [7, 11) is 1.78. The number of nitrogens with one attached hydrogen (secondary N) is 2. The van der Waals surface area contributed by atoms with Crippen molar-refractivity contribution in [2.75, 3.05) is 46.5 Å². The van der Waals surface area contributed by atoms with Crippen LogP contribution in [-0.4, -0.2) is 69.4 Å². The number of esters is 1. The molecule has 0 radical (unpaired) electrons. The average molecular weight is 405 g/mol. The predicted molar refractivity (Wildman–Crippen MR) is 116 cm³/mol. The molecule has 1 unspecified atom stereocenters. The van der Waals surface area contributed by atoms with Crippen LogP contribution in [0.1, 0.15) is 43.1 Å². The first-order chi connectivity index (χ1) is 14.0. The molecular formula is C22H36N4O3. The van der Waals surface area contributed by atoms with E-state index in [1.165, 1.54) is 0 Å². The zero-order chi connectivity index (χ0) is 21.1. The van der Waals surface area contributed by atoms with Crippen LogP contribution in [0.4, 0.5) is 0 Å². The second-order valence-corrected chi connectivity index (χ2v) is 7.66. The van der Waals surface area contributed by atoms with Crippen molar-refractivity contribution in [2.45, 2.75) is 39.8 Å². The lowest BCUT2D eigenvalue weighted by molar-refractivity contribution is 0.0132. The van der Waals surface area contributed by atoms with Gasteiger partial charge >= 0.3 is 5.97 Å². The number of aliphatic imine (C=N–C) groups is 1. The van der Waals surface area contributed by atoms with E-state index in [4.69, 9.17) is 9.47 Å². The molecular weight excluding hydrogens is 368 g/mol. The lowest BCUT2D eigenvalue weighted by Gasteiger charge is -2.35.